The highest BCUT2D eigenvalue weighted by atomic mass is 16.1. The Morgan fingerprint density at radius 3 is 2.50 bits per heavy atom. The van der Waals surface area contributed by atoms with E-state index in [2.05, 4.69) is 19.2 Å². The van der Waals surface area contributed by atoms with Crippen molar-refractivity contribution in [2.75, 3.05) is 0 Å². The van der Waals surface area contributed by atoms with E-state index in [1.165, 1.54) is 0 Å². The van der Waals surface area contributed by atoms with Crippen molar-refractivity contribution in [2.45, 2.75) is 46.6 Å². The summed E-state index contributed by atoms with van der Waals surface area (Å²) in [6.45, 7) is 8.05. The van der Waals surface area contributed by atoms with Gasteiger partial charge in [-0.2, -0.15) is 0 Å². The third-order valence-electron chi connectivity index (χ3n) is 1.39. The lowest BCUT2D eigenvalue weighted by Crippen LogP contribution is -2.20. The predicted octanol–water partition coefficient (Wildman–Crippen LogP) is 2.26. The minimum Gasteiger partial charge on any atom is -0.386 e. The first-order chi connectivity index (χ1) is 5.56. The monoisotopic (exact) mass is 169 g/mol. The molecule has 0 fully saturated rings. The summed E-state index contributed by atoms with van der Waals surface area (Å²) in [7, 11) is 0. The van der Waals surface area contributed by atoms with Crippen LogP contribution < -0.4 is 5.32 Å². The van der Waals surface area contributed by atoms with E-state index < -0.39 is 0 Å². The van der Waals surface area contributed by atoms with Gasteiger partial charge in [0.1, 0.15) is 0 Å². The van der Waals surface area contributed by atoms with Gasteiger partial charge >= 0.3 is 0 Å². The summed E-state index contributed by atoms with van der Waals surface area (Å²) in [5, 5.41) is 3.17. The summed E-state index contributed by atoms with van der Waals surface area (Å²) >= 11 is 0. The number of nitrogens with one attached hydrogen (secondary N) is 1. The lowest BCUT2D eigenvalue weighted by Gasteiger charge is -2.09. The van der Waals surface area contributed by atoms with E-state index >= 15 is 0 Å². The average molecular weight is 169 g/mol. The van der Waals surface area contributed by atoms with Crippen LogP contribution in [-0.4, -0.2) is 11.8 Å². The Morgan fingerprint density at radius 1 is 1.50 bits per heavy atom. The smallest absolute Gasteiger partial charge is 0.157 e. The zero-order valence-corrected chi connectivity index (χ0v) is 8.48. The van der Waals surface area contributed by atoms with E-state index in [0.29, 0.717) is 12.5 Å². The molecule has 1 N–H and O–H groups in total. The quantitative estimate of drug-likeness (QED) is 0.640. The molecule has 0 unspecified atom stereocenters. The van der Waals surface area contributed by atoms with Gasteiger partial charge in [-0.3, -0.25) is 4.79 Å². The molecule has 0 heterocycles. The van der Waals surface area contributed by atoms with Crippen molar-refractivity contribution in [1.29, 1.82) is 0 Å². The van der Waals surface area contributed by atoms with Gasteiger partial charge in [0.15, 0.2) is 5.78 Å². The highest BCUT2D eigenvalue weighted by molar-refractivity contribution is 5.90. The highest BCUT2D eigenvalue weighted by Crippen LogP contribution is 1.95. The van der Waals surface area contributed by atoms with Gasteiger partial charge in [-0.1, -0.05) is 6.92 Å². The Kier molecular flexibility index (Phi) is 5.43. The van der Waals surface area contributed by atoms with E-state index in [4.69, 9.17) is 0 Å². The minimum atomic E-state index is 0.211. The third kappa shape index (κ3) is 5.96. The Hall–Kier alpha value is -0.790. The molecule has 0 aromatic rings. The molecular weight excluding hydrogens is 150 g/mol. The molecule has 12 heavy (non-hydrogen) atoms. The molecule has 0 aromatic carbocycles. The molecule has 0 saturated carbocycles. The van der Waals surface area contributed by atoms with Crippen LogP contribution in [0.2, 0.25) is 0 Å². The first-order valence-electron chi connectivity index (χ1n) is 4.54. The number of hydrogen-bond donors (Lipinski definition) is 1. The second-order valence-corrected chi connectivity index (χ2v) is 3.34. The third-order valence-corrected chi connectivity index (χ3v) is 1.39. The molecule has 2 heteroatoms. The van der Waals surface area contributed by atoms with Crippen LogP contribution >= 0.6 is 0 Å². The van der Waals surface area contributed by atoms with E-state index in [1.54, 1.807) is 6.08 Å². The van der Waals surface area contributed by atoms with Crippen LogP contribution in [0.25, 0.3) is 0 Å². The van der Waals surface area contributed by atoms with Gasteiger partial charge in [-0.15, -0.1) is 0 Å². The van der Waals surface area contributed by atoms with Crippen molar-refractivity contribution < 1.29 is 4.79 Å². The number of rotatable bonds is 5. The molecule has 0 rings (SSSR count). The molecule has 0 radical (unpaired) electrons. The van der Waals surface area contributed by atoms with Crippen LogP contribution in [0.15, 0.2) is 11.8 Å². The predicted molar refractivity (Wildman–Crippen MR) is 51.9 cm³/mol. The zero-order valence-electron chi connectivity index (χ0n) is 8.48. The average Bonchev–Trinajstić information content (AvgIpc) is 1.84. The summed E-state index contributed by atoms with van der Waals surface area (Å²) < 4.78 is 0. The number of carbonyl (C=O) groups is 1. The first-order valence-corrected chi connectivity index (χ1v) is 4.54. The number of hydrogen-bond acceptors (Lipinski definition) is 2. The van der Waals surface area contributed by atoms with Crippen LogP contribution in [0.5, 0.6) is 0 Å². The van der Waals surface area contributed by atoms with Crippen molar-refractivity contribution in [1.82, 2.24) is 5.32 Å². The molecular formula is C10H19NO. The summed E-state index contributed by atoms with van der Waals surface area (Å²) in [6, 6.07) is 0.399. The first kappa shape index (κ1) is 11.2. The molecule has 0 aliphatic rings. The lowest BCUT2D eigenvalue weighted by molar-refractivity contribution is -0.114. The highest BCUT2D eigenvalue weighted by Gasteiger charge is 1.97. The van der Waals surface area contributed by atoms with Gasteiger partial charge in [0, 0.05) is 18.2 Å². The fraction of sp³-hybridized carbons (Fsp3) is 0.700. The molecule has 0 spiro atoms. The second kappa shape index (κ2) is 5.81. The Bertz CT molecular complexity index is 171. The molecule has 70 valence electrons. The summed E-state index contributed by atoms with van der Waals surface area (Å²) in [5.41, 5.74) is 0.962. The molecule has 0 aliphatic carbocycles. The Labute approximate surface area is 75.0 Å². The molecule has 0 bridgehead atoms. The SMILES string of the molecule is CCCC(=O)/C=C(/C)NC(C)C. The molecule has 0 aliphatic heterocycles. The Morgan fingerprint density at radius 2 is 2.08 bits per heavy atom. The van der Waals surface area contributed by atoms with E-state index in [-0.39, 0.29) is 5.78 Å². The van der Waals surface area contributed by atoms with Gasteiger partial charge < -0.3 is 5.32 Å². The topological polar surface area (TPSA) is 29.1 Å². The summed E-state index contributed by atoms with van der Waals surface area (Å²) in [6.07, 6.45) is 3.25. The molecule has 0 atom stereocenters. The summed E-state index contributed by atoms with van der Waals surface area (Å²) in [5.74, 6) is 0.211. The fourth-order valence-corrected chi connectivity index (χ4v) is 1.06. The maximum Gasteiger partial charge on any atom is 0.157 e. The lowest BCUT2D eigenvalue weighted by atomic mass is 10.2. The summed E-state index contributed by atoms with van der Waals surface area (Å²) in [4.78, 5) is 11.1. The van der Waals surface area contributed by atoms with Crippen LogP contribution in [0.1, 0.15) is 40.5 Å². The van der Waals surface area contributed by atoms with Crippen LogP contribution in [0.3, 0.4) is 0 Å². The van der Waals surface area contributed by atoms with E-state index in [0.717, 1.165) is 12.1 Å². The van der Waals surface area contributed by atoms with Gasteiger partial charge in [0.05, 0.1) is 0 Å². The van der Waals surface area contributed by atoms with Gasteiger partial charge in [0.2, 0.25) is 0 Å². The molecule has 0 amide bonds. The second-order valence-electron chi connectivity index (χ2n) is 3.34. The van der Waals surface area contributed by atoms with Crippen LogP contribution in [0, 0.1) is 0 Å². The van der Waals surface area contributed by atoms with Crippen molar-refractivity contribution in [2.24, 2.45) is 0 Å². The minimum absolute atomic E-state index is 0.211. The van der Waals surface area contributed by atoms with Crippen LogP contribution in [0.4, 0.5) is 0 Å². The molecule has 0 aromatic heterocycles. The largest absolute Gasteiger partial charge is 0.386 e. The van der Waals surface area contributed by atoms with Crippen molar-refractivity contribution in [3.63, 3.8) is 0 Å². The number of allylic oxidation sites excluding steroid dienone is 2. The molecule has 0 saturated heterocycles. The van der Waals surface area contributed by atoms with Gasteiger partial charge in [-0.25, -0.2) is 0 Å². The zero-order chi connectivity index (χ0) is 9.56. The molecule has 2 nitrogen and oxygen atoms in total. The van der Waals surface area contributed by atoms with Gasteiger partial charge in [-0.05, 0) is 33.3 Å². The normalized spacial score (nSPS) is 11.9. The van der Waals surface area contributed by atoms with E-state index in [9.17, 15) is 4.79 Å². The number of carbonyl (C=O) groups excluding carboxylic acids is 1. The van der Waals surface area contributed by atoms with E-state index in [1.807, 2.05) is 13.8 Å². The maximum atomic E-state index is 11.1. The van der Waals surface area contributed by atoms with Gasteiger partial charge in [0.25, 0.3) is 0 Å². The standard InChI is InChI=1S/C10H19NO/c1-5-6-10(12)7-9(4)11-8(2)3/h7-8,11H,5-6H2,1-4H3/b9-7-. The fourth-order valence-electron chi connectivity index (χ4n) is 1.06. The number of ketones is 1. The maximum absolute atomic E-state index is 11.1. The van der Waals surface area contributed by atoms with Crippen molar-refractivity contribution in [3.05, 3.63) is 11.8 Å². The Balaban J connectivity index is 3.89. The van der Waals surface area contributed by atoms with Crippen LogP contribution in [-0.2, 0) is 4.79 Å². The van der Waals surface area contributed by atoms with Crippen molar-refractivity contribution in [3.8, 4) is 0 Å². The van der Waals surface area contributed by atoms with Crippen molar-refractivity contribution >= 4 is 5.78 Å².